The Kier molecular flexibility index (Phi) is 20.5. The first kappa shape index (κ1) is 83.6. The Morgan fingerprint density at radius 1 is 0.118 bits per heavy atom. The van der Waals surface area contributed by atoms with Crippen LogP contribution >= 0.6 is 0 Å². The highest BCUT2D eigenvalue weighted by molar-refractivity contribution is 6.14. The van der Waals surface area contributed by atoms with Crippen LogP contribution in [0.3, 0.4) is 0 Å². The number of nitrogens with zero attached hydrogens (tertiary/aromatic N) is 12. The molecule has 29 aromatic rings. The average molecular weight is 1850 g/mol. The Hall–Kier alpha value is -19.8. The summed E-state index contributed by atoms with van der Waals surface area (Å²) in [5, 5.41) is 13.8. The van der Waals surface area contributed by atoms with Crippen molar-refractivity contribution in [2.75, 3.05) is 0 Å². The first-order valence-corrected chi connectivity index (χ1v) is 48.0. The molecule has 0 aliphatic carbocycles. The maximum absolute atomic E-state index is 6.25. The lowest BCUT2D eigenvalue weighted by molar-refractivity contribution is 0.668. The van der Waals surface area contributed by atoms with E-state index in [1.807, 2.05) is 140 Å². The van der Waals surface area contributed by atoms with Gasteiger partial charge in [-0.05, 0) is 168 Å². The number of benzene rings is 20. The molecule has 29 rings (SSSR count). The minimum absolute atomic E-state index is 0.585. The van der Waals surface area contributed by atoms with Crippen LogP contribution in [0.25, 0.3) is 273 Å². The van der Waals surface area contributed by atoms with E-state index < -0.39 is 0 Å². The fourth-order valence-electron chi connectivity index (χ4n) is 20.3. The summed E-state index contributed by atoms with van der Waals surface area (Å²) in [5.41, 5.74) is 27.9. The van der Waals surface area contributed by atoms with Gasteiger partial charge in [0.1, 0.15) is 33.5 Å². The Morgan fingerprint density at radius 3 is 0.681 bits per heavy atom. The lowest BCUT2D eigenvalue weighted by Gasteiger charge is -2.12. The molecule has 20 aromatic carbocycles. The first-order chi connectivity index (χ1) is 71.3. The zero-order valence-corrected chi connectivity index (χ0v) is 77.3. The van der Waals surface area contributed by atoms with E-state index in [4.69, 9.17) is 58.1 Å². The average Bonchev–Trinajstić information content (AvgIpc) is 1.60. The maximum atomic E-state index is 6.25. The highest BCUT2D eigenvalue weighted by atomic mass is 16.3. The van der Waals surface area contributed by atoms with Gasteiger partial charge in [0.05, 0.1) is 33.1 Å². The summed E-state index contributed by atoms with van der Waals surface area (Å²) in [6.45, 7) is 0. The standard InChI is InChI=1S/2C45H28N4O.C39H24N4O/c1-3-11-29(12-4-1)32-22-26-40-38(27-32)35-15-7-9-17-39(35)49(40)34-23-19-31(20-24-34)44-46-43(30-13-5-2-6-14-30)47-45(48-44)33-21-25-37-36-16-8-10-18-41(36)50-42(37)28-33;1-2-11-29(12-3-1)30-21-23-31(24-22-30)43-46-44(48-45(47-43)33-25-26-38-37-17-6-9-20-41(37)50-42(38)28-33)32-13-10-14-34(27-32)49-39-18-7-4-15-35(39)36-16-5-8-19-40(36)49;1-2-11-25(12-3-1)37-40-38(42-39(41-37)27-21-22-32-31-17-6-9-20-35(31)44-36(32)24-27)26-13-10-14-28(23-26)43-33-18-7-4-15-29(33)30-16-5-8-19-34(30)43/h2*1-28H;1-24H. The number of aromatic nitrogens is 12. The van der Waals surface area contributed by atoms with Gasteiger partial charge >= 0.3 is 0 Å². The number of para-hydroxylation sites is 8. The molecule has 0 atom stereocenters. The molecule has 0 aliphatic rings. The van der Waals surface area contributed by atoms with Crippen LogP contribution < -0.4 is 0 Å². The van der Waals surface area contributed by atoms with E-state index in [9.17, 15) is 0 Å². The molecule has 0 amide bonds. The molecule has 0 bridgehead atoms. The summed E-state index contributed by atoms with van der Waals surface area (Å²) >= 11 is 0. The van der Waals surface area contributed by atoms with Gasteiger partial charge in [-0.25, -0.2) is 44.9 Å². The third-order valence-corrected chi connectivity index (χ3v) is 27.2. The molecule has 0 saturated heterocycles. The maximum Gasteiger partial charge on any atom is 0.164 e. The highest BCUT2D eigenvalue weighted by Crippen LogP contribution is 2.43. The number of rotatable bonds is 14. The largest absolute Gasteiger partial charge is 0.456 e. The van der Waals surface area contributed by atoms with Gasteiger partial charge in [-0.2, -0.15) is 0 Å². The van der Waals surface area contributed by atoms with Crippen LogP contribution in [-0.2, 0) is 0 Å². The Bertz CT molecular complexity index is 9940. The van der Waals surface area contributed by atoms with Gasteiger partial charge in [-0.1, -0.05) is 340 Å². The van der Waals surface area contributed by atoms with Crippen molar-refractivity contribution < 1.29 is 13.3 Å². The predicted molar refractivity (Wildman–Crippen MR) is 584 cm³/mol. The monoisotopic (exact) mass is 1840 g/mol. The van der Waals surface area contributed by atoms with Gasteiger partial charge in [0.25, 0.3) is 0 Å². The molecule has 144 heavy (non-hydrogen) atoms. The molecule has 15 heteroatoms. The zero-order valence-electron chi connectivity index (χ0n) is 77.3. The molecule has 0 N–H and O–H groups in total. The van der Waals surface area contributed by atoms with Crippen LogP contribution in [0.4, 0.5) is 0 Å². The van der Waals surface area contributed by atoms with Crippen molar-refractivity contribution in [1.82, 2.24) is 58.6 Å². The van der Waals surface area contributed by atoms with E-state index in [-0.39, 0.29) is 0 Å². The second kappa shape index (κ2) is 35.3. The molecule has 674 valence electrons. The summed E-state index contributed by atoms with van der Waals surface area (Å²) in [4.78, 5) is 45.1. The normalized spacial score (nSPS) is 11.6. The van der Waals surface area contributed by atoms with Crippen molar-refractivity contribution in [3.8, 4) is 142 Å². The smallest absolute Gasteiger partial charge is 0.164 e. The molecular formula is C129H80N12O3. The van der Waals surface area contributed by atoms with Crippen LogP contribution in [0.2, 0.25) is 0 Å². The molecule has 9 aromatic heterocycles. The molecule has 0 aliphatic heterocycles. The number of fused-ring (bicyclic) bond motifs is 18. The van der Waals surface area contributed by atoms with Gasteiger partial charge in [0.2, 0.25) is 0 Å². The topological polar surface area (TPSA) is 170 Å². The second-order valence-corrected chi connectivity index (χ2v) is 35.9. The van der Waals surface area contributed by atoms with Crippen molar-refractivity contribution in [2.45, 2.75) is 0 Å². The second-order valence-electron chi connectivity index (χ2n) is 35.9. The third-order valence-electron chi connectivity index (χ3n) is 27.2. The molecule has 0 fully saturated rings. The molecule has 0 radical (unpaired) electrons. The van der Waals surface area contributed by atoms with Crippen molar-refractivity contribution >= 4 is 131 Å². The summed E-state index contributed by atoms with van der Waals surface area (Å²) in [7, 11) is 0. The van der Waals surface area contributed by atoms with Crippen LogP contribution in [-0.4, -0.2) is 58.6 Å². The molecule has 0 unspecified atom stereocenters. The third kappa shape index (κ3) is 15.2. The van der Waals surface area contributed by atoms with E-state index in [2.05, 4.69) is 359 Å². The summed E-state index contributed by atoms with van der Waals surface area (Å²) < 4.78 is 25.6. The fraction of sp³-hybridized carbons (Fsp3) is 0. The van der Waals surface area contributed by atoms with Crippen molar-refractivity contribution in [3.63, 3.8) is 0 Å². The van der Waals surface area contributed by atoms with Gasteiger partial charge in [0.15, 0.2) is 52.4 Å². The van der Waals surface area contributed by atoms with Crippen molar-refractivity contribution in [3.05, 3.63) is 485 Å². The summed E-state index contributed by atoms with van der Waals surface area (Å²) in [6, 6.07) is 167. The Labute approximate surface area is 824 Å². The van der Waals surface area contributed by atoms with Crippen LogP contribution in [0.1, 0.15) is 0 Å². The van der Waals surface area contributed by atoms with Crippen molar-refractivity contribution in [1.29, 1.82) is 0 Å². The molecule has 9 heterocycles. The molecule has 0 spiro atoms. The fourth-order valence-corrected chi connectivity index (χ4v) is 20.3. The number of hydrogen-bond donors (Lipinski definition) is 0. The lowest BCUT2D eigenvalue weighted by Crippen LogP contribution is -2.01. The minimum atomic E-state index is 0.585. The van der Waals surface area contributed by atoms with Crippen LogP contribution in [0.15, 0.2) is 499 Å². The summed E-state index contributed by atoms with van der Waals surface area (Å²) in [5.74, 6) is 5.45. The molecule has 0 saturated carbocycles. The van der Waals surface area contributed by atoms with E-state index in [0.29, 0.717) is 52.4 Å². The molecule has 15 nitrogen and oxygen atoms in total. The van der Waals surface area contributed by atoms with Crippen molar-refractivity contribution in [2.24, 2.45) is 0 Å². The first-order valence-electron chi connectivity index (χ1n) is 48.0. The van der Waals surface area contributed by atoms with E-state index >= 15 is 0 Å². The zero-order chi connectivity index (χ0) is 95.1. The SMILES string of the molecule is c1ccc(-c2ccc(-c3nc(-c4cccc(-n5c6ccccc6c6ccccc65)c4)nc(-c4ccc5c(c4)oc4ccccc45)n3)cc2)cc1.c1ccc(-c2ccc3c(c2)c2ccccc2n3-c2ccc(-c3nc(-c4ccccc4)nc(-c4ccc5c(c4)oc4ccccc45)n3)cc2)cc1.c1ccc(-c2nc(-c3cccc(-n4c5ccccc5c5ccccc54)c3)nc(-c3ccc4c(c3)oc3ccccc34)n2)cc1. The number of hydrogen-bond acceptors (Lipinski definition) is 12. The van der Waals surface area contributed by atoms with E-state index in [1.165, 1.54) is 43.4 Å². The number of furan rings is 3. The Morgan fingerprint density at radius 2 is 0.333 bits per heavy atom. The summed E-state index contributed by atoms with van der Waals surface area (Å²) in [6.07, 6.45) is 0. The molecular weight excluding hydrogens is 1770 g/mol. The highest BCUT2D eigenvalue weighted by Gasteiger charge is 2.24. The van der Waals surface area contributed by atoms with Gasteiger partial charge in [0, 0.05) is 132 Å². The van der Waals surface area contributed by atoms with Gasteiger partial charge in [-0.15, -0.1) is 0 Å². The Balaban J connectivity index is 0.000000108. The van der Waals surface area contributed by atoms with Crippen LogP contribution in [0.5, 0.6) is 0 Å². The van der Waals surface area contributed by atoms with Gasteiger partial charge in [-0.3, -0.25) is 0 Å². The predicted octanol–water partition coefficient (Wildman–Crippen LogP) is 32.9. The van der Waals surface area contributed by atoms with Crippen LogP contribution in [0, 0.1) is 0 Å². The van der Waals surface area contributed by atoms with E-state index in [0.717, 1.165) is 177 Å². The quantitative estimate of drug-likeness (QED) is 0.101. The minimum Gasteiger partial charge on any atom is -0.456 e. The lowest BCUT2D eigenvalue weighted by atomic mass is 10.0. The van der Waals surface area contributed by atoms with Gasteiger partial charge < -0.3 is 27.0 Å². The van der Waals surface area contributed by atoms with E-state index in [1.54, 1.807) is 0 Å².